The van der Waals surface area contributed by atoms with E-state index in [1.54, 1.807) is 34.6 Å². The fraction of sp³-hybridized carbons (Fsp3) is 0.796. The van der Waals surface area contributed by atoms with Gasteiger partial charge in [0, 0.05) is 26.7 Å². The number of rotatable bonds is 30. The molecule has 2 rings (SSSR count). The summed E-state index contributed by atoms with van der Waals surface area (Å²) in [5.41, 5.74) is 11.0. The molecule has 2 fully saturated rings. The molecule has 2 aliphatic rings. The number of hydrogen-bond donors (Lipinski definition) is 10. The topological polar surface area (TPSA) is 332 Å². The lowest BCUT2D eigenvalue weighted by molar-refractivity contribution is -0.146. The molecule has 12 atom stereocenters. The lowest BCUT2D eigenvalue weighted by Crippen LogP contribution is -2.63. The second-order valence-electron chi connectivity index (χ2n) is 19.6. The molecule has 2 aliphatic heterocycles. The predicted molar refractivity (Wildman–Crippen MR) is 273 cm³/mol. The number of guanidine groups is 1. The normalized spacial score (nSPS) is 19.9. The van der Waals surface area contributed by atoms with E-state index in [4.69, 9.17) is 11.5 Å². The monoisotopic (exact) mass is 1020 g/mol. The highest BCUT2D eigenvalue weighted by Gasteiger charge is 2.41. The standard InChI is InChI=1S/C49H89N13O10/c1-12-20-34(43(67)57-38(29(7)14-3)44(68)55-32(21-17-24-53-49(50)51)47(71)62-26-19-23-35(62)42(66)52-16-5)61(11)48(72)40(31(9)63)59-46(70)39(30(8)15-4)58-45(69)37(28(6)13-2)56-36(64)27-54-41(65)33-22-18-25-60(33)10/h28-35,37-40,63H,12-27H2,1-11H3,(H,52,66)(H,54,65)(H,55,68)(H,56,64)(H,57,67)(H,58,69)(H,59,70)(H4,50,51,53)/t28-,29-,30-,31+,32-,33-,34-,35-,37-,38-,39+,40-/m0/s1. The quantitative estimate of drug-likeness (QED) is 0.0234. The Labute approximate surface area is 426 Å². The first-order valence-electron chi connectivity index (χ1n) is 26.1. The number of nitrogens with zero attached hydrogens (tertiary/aromatic N) is 4. The van der Waals surface area contributed by atoms with Gasteiger partial charge < -0.3 is 63.6 Å². The molecule has 410 valence electrons. The lowest BCUT2D eigenvalue weighted by Gasteiger charge is -2.35. The van der Waals surface area contributed by atoms with Crippen LogP contribution in [0.25, 0.3) is 0 Å². The van der Waals surface area contributed by atoms with Crippen LogP contribution in [0, 0.1) is 17.8 Å². The molecule has 0 saturated carbocycles. The summed E-state index contributed by atoms with van der Waals surface area (Å²) in [5.74, 6) is -6.69. The highest BCUT2D eigenvalue weighted by molar-refractivity contribution is 5.98. The smallest absolute Gasteiger partial charge is 0.248 e. The van der Waals surface area contributed by atoms with Gasteiger partial charge in [-0.25, -0.2) is 0 Å². The van der Waals surface area contributed by atoms with Gasteiger partial charge in [-0.15, -0.1) is 0 Å². The number of aliphatic imine (C=N–C) groups is 1. The maximum Gasteiger partial charge on any atom is 0.248 e. The summed E-state index contributed by atoms with van der Waals surface area (Å²) in [4.78, 5) is 132. The first-order chi connectivity index (χ1) is 34.0. The number of carbonyl (C=O) groups is 9. The molecule has 23 nitrogen and oxygen atoms in total. The van der Waals surface area contributed by atoms with Crippen LogP contribution in [0.2, 0.25) is 0 Å². The number of aliphatic hydroxyl groups is 1. The fourth-order valence-corrected chi connectivity index (χ4v) is 8.95. The van der Waals surface area contributed by atoms with E-state index in [0.717, 1.165) is 17.9 Å². The van der Waals surface area contributed by atoms with Crippen LogP contribution < -0.4 is 48.7 Å². The van der Waals surface area contributed by atoms with Crippen LogP contribution in [0.15, 0.2) is 4.99 Å². The van der Waals surface area contributed by atoms with E-state index in [0.29, 0.717) is 64.5 Å². The Morgan fingerprint density at radius 3 is 1.67 bits per heavy atom. The maximum atomic E-state index is 14.4. The van der Waals surface area contributed by atoms with Gasteiger partial charge in [-0.3, -0.25) is 53.0 Å². The molecular formula is C49H89N13O10. The Morgan fingerprint density at radius 2 is 1.17 bits per heavy atom. The highest BCUT2D eigenvalue weighted by atomic mass is 16.3. The minimum absolute atomic E-state index is 0.124. The summed E-state index contributed by atoms with van der Waals surface area (Å²) in [5, 5.41) is 30.2. The third-order valence-corrected chi connectivity index (χ3v) is 14.1. The maximum absolute atomic E-state index is 14.4. The summed E-state index contributed by atoms with van der Waals surface area (Å²) in [6, 6.07) is -8.40. The zero-order valence-electron chi connectivity index (χ0n) is 44.8. The molecular weight excluding hydrogens is 931 g/mol. The average molecular weight is 1020 g/mol. The number of likely N-dealkylation sites (tertiary alicyclic amines) is 2. The summed E-state index contributed by atoms with van der Waals surface area (Å²) in [6.07, 6.45) is 3.43. The number of nitrogens with two attached hydrogens (primary N) is 2. The molecule has 0 radical (unpaired) electrons. The van der Waals surface area contributed by atoms with E-state index < -0.39 is 102 Å². The zero-order chi connectivity index (χ0) is 54.4. The van der Waals surface area contributed by atoms with E-state index in [9.17, 15) is 48.3 Å². The van der Waals surface area contributed by atoms with E-state index in [-0.39, 0.29) is 55.7 Å². The molecule has 0 unspecified atom stereocenters. The molecule has 12 N–H and O–H groups in total. The molecule has 72 heavy (non-hydrogen) atoms. The highest BCUT2D eigenvalue weighted by Crippen LogP contribution is 2.21. The van der Waals surface area contributed by atoms with E-state index in [1.807, 2.05) is 32.7 Å². The van der Waals surface area contributed by atoms with Gasteiger partial charge in [0.25, 0.3) is 0 Å². The number of hydrogen-bond acceptors (Lipinski definition) is 12. The SMILES string of the molecule is CCC[C@@H](C(=O)N[C@H](C(=O)N[C@@H](CCCN=C(N)N)C(=O)N1CCC[C@H]1C(=O)NCC)[C@@H](C)CC)N(C)C(=O)[C@@H](NC(=O)[C@H](NC(=O)[C@@H](NC(=O)CNC(=O)[C@@H]1CCCN1C)[C@@H](C)CC)[C@@H](C)CC)[C@@H](C)O. The first kappa shape index (κ1) is 62.5. The average Bonchev–Trinajstić information content (AvgIpc) is 4.03. The number of likely N-dealkylation sites (N-methyl/N-ethyl adjacent to an activating group) is 3. The van der Waals surface area contributed by atoms with Crippen molar-refractivity contribution in [2.24, 2.45) is 34.2 Å². The van der Waals surface area contributed by atoms with Crippen LogP contribution in [0.1, 0.15) is 133 Å². The Balaban J connectivity index is 2.33. The molecule has 23 heteroatoms. The first-order valence-corrected chi connectivity index (χ1v) is 26.1. The molecule has 9 amide bonds. The van der Waals surface area contributed by atoms with Crippen molar-refractivity contribution in [2.75, 3.05) is 46.8 Å². The molecule has 0 spiro atoms. The summed E-state index contributed by atoms with van der Waals surface area (Å²) in [7, 11) is 3.20. The van der Waals surface area contributed by atoms with Gasteiger partial charge in [0.1, 0.15) is 42.3 Å². The van der Waals surface area contributed by atoms with Crippen LogP contribution in [0.4, 0.5) is 0 Å². The third-order valence-electron chi connectivity index (χ3n) is 14.1. The van der Waals surface area contributed by atoms with E-state index >= 15 is 0 Å². The number of nitrogens with one attached hydrogen (secondary N) is 7. The molecule has 0 bridgehead atoms. The molecule has 0 aromatic rings. The van der Waals surface area contributed by atoms with Gasteiger partial charge in [0.15, 0.2) is 5.96 Å². The number of aliphatic hydroxyl groups excluding tert-OH is 1. The van der Waals surface area contributed by atoms with E-state index in [2.05, 4.69) is 42.2 Å². The van der Waals surface area contributed by atoms with Crippen molar-refractivity contribution >= 4 is 59.1 Å². The largest absolute Gasteiger partial charge is 0.391 e. The second-order valence-corrected chi connectivity index (χ2v) is 19.6. The van der Waals surface area contributed by atoms with Crippen molar-refractivity contribution in [3.05, 3.63) is 0 Å². The van der Waals surface area contributed by atoms with Crippen molar-refractivity contribution in [1.82, 2.24) is 51.9 Å². The number of carbonyl (C=O) groups excluding carboxylic acids is 9. The summed E-state index contributed by atoms with van der Waals surface area (Å²) in [6.45, 7) is 16.9. The summed E-state index contributed by atoms with van der Waals surface area (Å²) >= 11 is 0. The van der Waals surface area contributed by atoms with Crippen molar-refractivity contribution in [2.45, 2.75) is 187 Å². The number of amides is 9. The molecule has 2 heterocycles. The Hall–Kier alpha value is -5.58. The third kappa shape index (κ3) is 18.5. The molecule has 0 aromatic carbocycles. The Kier molecular flexibility index (Phi) is 27.0. The Bertz CT molecular complexity index is 1870. The summed E-state index contributed by atoms with van der Waals surface area (Å²) < 4.78 is 0. The van der Waals surface area contributed by atoms with Crippen LogP contribution in [-0.2, 0) is 43.2 Å². The van der Waals surface area contributed by atoms with Crippen molar-refractivity contribution in [1.29, 1.82) is 0 Å². The van der Waals surface area contributed by atoms with Gasteiger partial charge in [-0.05, 0) is 90.1 Å². The zero-order valence-corrected chi connectivity index (χ0v) is 44.8. The van der Waals surface area contributed by atoms with Crippen molar-refractivity contribution < 1.29 is 48.3 Å². The van der Waals surface area contributed by atoms with Crippen LogP contribution in [0.3, 0.4) is 0 Å². The predicted octanol–water partition coefficient (Wildman–Crippen LogP) is -1.05. The minimum atomic E-state index is -1.58. The van der Waals surface area contributed by atoms with Gasteiger partial charge in [-0.2, -0.15) is 0 Å². The molecule has 0 aliphatic carbocycles. The second kappa shape index (κ2) is 31.1. The van der Waals surface area contributed by atoms with Gasteiger partial charge in [0.2, 0.25) is 53.2 Å². The van der Waals surface area contributed by atoms with Crippen LogP contribution in [-0.4, -0.2) is 180 Å². The van der Waals surface area contributed by atoms with Crippen LogP contribution in [0.5, 0.6) is 0 Å². The van der Waals surface area contributed by atoms with Crippen molar-refractivity contribution in [3.63, 3.8) is 0 Å². The lowest BCUT2D eigenvalue weighted by atomic mass is 9.94. The fourth-order valence-electron chi connectivity index (χ4n) is 8.95. The minimum Gasteiger partial charge on any atom is -0.391 e. The van der Waals surface area contributed by atoms with Crippen molar-refractivity contribution in [3.8, 4) is 0 Å². The van der Waals surface area contributed by atoms with E-state index in [1.165, 1.54) is 18.9 Å². The Morgan fingerprint density at radius 1 is 0.667 bits per heavy atom. The molecule has 2 saturated heterocycles. The van der Waals surface area contributed by atoms with Gasteiger partial charge >= 0.3 is 0 Å². The van der Waals surface area contributed by atoms with Crippen LogP contribution >= 0.6 is 0 Å². The van der Waals surface area contributed by atoms with Gasteiger partial charge in [0.05, 0.1) is 18.7 Å². The molecule has 0 aromatic heterocycles. The van der Waals surface area contributed by atoms with Gasteiger partial charge in [-0.1, -0.05) is 74.1 Å².